The SMILES string of the molecule is N#Cc1cccc2cc(CBr)ccc12. The number of alkyl halides is 1. The lowest BCUT2D eigenvalue weighted by atomic mass is 10.0. The van der Waals surface area contributed by atoms with Gasteiger partial charge in [0.25, 0.3) is 0 Å². The van der Waals surface area contributed by atoms with Gasteiger partial charge in [-0.25, -0.2) is 0 Å². The lowest BCUT2D eigenvalue weighted by Gasteiger charge is -2.01. The number of fused-ring (bicyclic) bond motifs is 1. The summed E-state index contributed by atoms with van der Waals surface area (Å²) in [4.78, 5) is 0. The summed E-state index contributed by atoms with van der Waals surface area (Å²) >= 11 is 3.41. The number of hydrogen-bond acceptors (Lipinski definition) is 1. The number of halogens is 1. The standard InChI is InChI=1S/C12H8BrN/c13-7-9-4-5-12-10(6-9)2-1-3-11(12)8-14/h1-6H,7H2. The van der Waals surface area contributed by atoms with Gasteiger partial charge in [-0.1, -0.05) is 46.3 Å². The fourth-order valence-corrected chi connectivity index (χ4v) is 1.86. The summed E-state index contributed by atoms with van der Waals surface area (Å²) in [6, 6.07) is 14.1. The molecule has 2 rings (SSSR count). The summed E-state index contributed by atoms with van der Waals surface area (Å²) in [5.74, 6) is 0. The van der Waals surface area contributed by atoms with Crippen LogP contribution in [0.25, 0.3) is 10.8 Å². The number of hydrogen-bond donors (Lipinski definition) is 0. The van der Waals surface area contributed by atoms with E-state index in [1.807, 2.05) is 30.3 Å². The lowest BCUT2D eigenvalue weighted by Crippen LogP contribution is -1.82. The first-order valence-corrected chi connectivity index (χ1v) is 5.45. The molecule has 2 heteroatoms. The highest BCUT2D eigenvalue weighted by Crippen LogP contribution is 2.20. The molecule has 0 heterocycles. The molecule has 0 aliphatic carbocycles. The Hall–Kier alpha value is -1.33. The Balaban J connectivity index is 2.75. The third-order valence-corrected chi connectivity index (χ3v) is 2.87. The first kappa shape index (κ1) is 9.23. The fraction of sp³-hybridized carbons (Fsp3) is 0.0833. The van der Waals surface area contributed by atoms with E-state index in [0.29, 0.717) is 0 Å². The van der Waals surface area contributed by atoms with E-state index in [1.54, 1.807) is 0 Å². The van der Waals surface area contributed by atoms with Gasteiger partial charge < -0.3 is 0 Å². The highest BCUT2D eigenvalue weighted by Gasteiger charge is 1.99. The normalized spacial score (nSPS) is 10.0. The van der Waals surface area contributed by atoms with Crippen molar-refractivity contribution in [2.45, 2.75) is 5.33 Å². The molecule has 0 fully saturated rings. The van der Waals surface area contributed by atoms with Crippen molar-refractivity contribution < 1.29 is 0 Å². The maximum absolute atomic E-state index is 8.90. The summed E-state index contributed by atoms with van der Waals surface area (Å²) in [5, 5.41) is 11.9. The van der Waals surface area contributed by atoms with Crippen LogP contribution in [0.4, 0.5) is 0 Å². The molecule has 0 amide bonds. The van der Waals surface area contributed by atoms with Crippen molar-refractivity contribution in [3.05, 3.63) is 47.5 Å². The van der Waals surface area contributed by atoms with Gasteiger partial charge in [-0.2, -0.15) is 5.26 Å². The molecule has 0 atom stereocenters. The van der Waals surface area contributed by atoms with Crippen molar-refractivity contribution in [1.82, 2.24) is 0 Å². The maximum atomic E-state index is 8.90. The minimum atomic E-state index is 0.739. The van der Waals surface area contributed by atoms with Crippen molar-refractivity contribution in [2.75, 3.05) is 0 Å². The Kier molecular flexibility index (Phi) is 2.51. The Morgan fingerprint density at radius 3 is 2.79 bits per heavy atom. The monoisotopic (exact) mass is 245 g/mol. The maximum Gasteiger partial charge on any atom is 0.0998 e. The summed E-state index contributed by atoms with van der Waals surface area (Å²) in [6.07, 6.45) is 0. The van der Waals surface area contributed by atoms with Gasteiger partial charge in [0.15, 0.2) is 0 Å². The second-order valence-corrected chi connectivity index (χ2v) is 3.67. The molecule has 0 aromatic heterocycles. The van der Waals surface area contributed by atoms with Crippen LogP contribution in [0, 0.1) is 11.3 Å². The summed E-state index contributed by atoms with van der Waals surface area (Å²) in [6.45, 7) is 0. The largest absolute Gasteiger partial charge is 0.192 e. The van der Waals surface area contributed by atoms with Crippen molar-refractivity contribution >= 4 is 26.7 Å². The van der Waals surface area contributed by atoms with Crippen LogP contribution >= 0.6 is 15.9 Å². The summed E-state index contributed by atoms with van der Waals surface area (Å²) < 4.78 is 0. The zero-order chi connectivity index (χ0) is 9.97. The van der Waals surface area contributed by atoms with E-state index in [4.69, 9.17) is 5.26 Å². The minimum Gasteiger partial charge on any atom is -0.192 e. The molecule has 0 unspecified atom stereocenters. The topological polar surface area (TPSA) is 23.8 Å². The molecular formula is C12H8BrN. The van der Waals surface area contributed by atoms with Gasteiger partial charge in [0.05, 0.1) is 11.6 Å². The first-order chi connectivity index (χ1) is 6.85. The van der Waals surface area contributed by atoms with Crippen LogP contribution in [-0.4, -0.2) is 0 Å². The molecular weight excluding hydrogens is 238 g/mol. The van der Waals surface area contributed by atoms with Crippen LogP contribution in [0.3, 0.4) is 0 Å². The van der Waals surface area contributed by atoms with E-state index in [1.165, 1.54) is 5.56 Å². The molecule has 0 saturated heterocycles. The zero-order valence-electron chi connectivity index (χ0n) is 7.50. The number of nitrogens with zero attached hydrogens (tertiary/aromatic N) is 1. The molecule has 0 radical (unpaired) electrons. The predicted molar refractivity (Wildman–Crippen MR) is 61.3 cm³/mol. The average molecular weight is 246 g/mol. The molecule has 0 bridgehead atoms. The van der Waals surface area contributed by atoms with Gasteiger partial charge in [-0.05, 0) is 22.4 Å². The second-order valence-electron chi connectivity index (χ2n) is 3.11. The van der Waals surface area contributed by atoms with E-state index in [9.17, 15) is 0 Å². The highest BCUT2D eigenvalue weighted by molar-refractivity contribution is 9.08. The molecule has 0 N–H and O–H groups in total. The van der Waals surface area contributed by atoms with Gasteiger partial charge in [0.1, 0.15) is 0 Å². The van der Waals surface area contributed by atoms with E-state index >= 15 is 0 Å². The van der Waals surface area contributed by atoms with Gasteiger partial charge in [-0.15, -0.1) is 0 Å². The average Bonchev–Trinajstić information content (AvgIpc) is 2.27. The Morgan fingerprint density at radius 2 is 2.07 bits per heavy atom. The zero-order valence-corrected chi connectivity index (χ0v) is 9.08. The Bertz CT molecular complexity index is 511. The molecule has 2 aromatic carbocycles. The van der Waals surface area contributed by atoms with E-state index < -0.39 is 0 Å². The smallest absolute Gasteiger partial charge is 0.0998 e. The van der Waals surface area contributed by atoms with Crippen LogP contribution < -0.4 is 0 Å². The molecule has 0 aliphatic heterocycles. The van der Waals surface area contributed by atoms with E-state index in [-0.39, 0.29) is 0 Å². The number of benzene rings is 2. The van der Waals surface area contributed by atoms with Gasteiger partial charge in [0, 0.05) is 5.33 Å². The predicted octanol–water partition coefficient (Wildman–Crippen LogP) is 3.61. The molecule has 14 heavy (non-hydrogen) atoms. The lowest BCUT2D eigenvalue weighted by molar-refractivity contribution is 1.46. The molecule has 68 valence electrons. The van der Waals surface area contributed by atoms with Crippen LogP contribution in [0.2, 0.25) is 0 Å². The molecule has 0 spiro atoms. The van der Waals surface area contributed by atoms with Crippen LogP contribution in [0.1, 0.15) is 11.1 Å². The van der Waals surface area contributed by atoms with Gasteiger partial charge in [-0.3, -0.25) is 0 Å². The summed E-state index contributed by atoms with van der Waals surface area (Å²) in [7, 11) is 0. The van der Waals surface area contributed by atoms with E-state index in [0.717, 1.165) is 21.7 Å². The quantitative estimate of drug-likeness (QED) is 0.705. The second kappa shape index (κ2) is 3.81. The Labute approximate surface area is 91.1 Å². The van der Waals surface area contributed by atoms with Crippen LogP contribution in [0.5, 0.6) is 0 Å². The third kappa shape index (κ3) is 1.51. The number of rotatable bonds is 1. The number of nitriles is 1. The fourth-order valence-electron chi connectivity index (χ4n) is 1.51. The minimum absolute atomic E-state index is 0.739. The van der Waals surface area contributed by atoms with Gasteiger partial charge in [0.2, 0.25) is 0 Å². The molecule has 1 nitrogen and oxygen atoms in total. The first-order valence-electron chi connectivity index (χ1n) is 4.33. The van der Waals surface area contributed by atoms with Crippen molar-refractivity contribution in [3.63, 3.8) is 0 Å². The van der Waals surface area contributed by atoms with Crippen molar-refractivity contribution in [1.29, 1.82) is 5.26 Å². The van der Waals surface area contributed by atoms with E-state index in [2.05, 4.69) is 28.1 Å². The van der Waals surface area contributed by atoms with Crippen LogP contribution in [-0.2, 0) is 5.33 Å². The third-order valence-electron chi connectivity index (χ3n) is 2.22. The molecule has 0 aliphatic rings. The Morgan fingerprint density at radius 1 is 1.21 bits per heavy atom. The molecule has 2 aromatic rings. The van der Waals surface area contributed by atoms with Crippen molar-refractivity contribution in [3.8, 4) is 6.07 Å². The van der Waals surface area contributed by atoms with Crippen molar-refractivity contribution in [2.24, 2.45) is 0 Å². The summed E-state index contributed by atoms with van der Waals surface area (Å²) in [5.41, 5.74) is 1.97. The molecule has 0 saturated carbocycles. The van der Waals surface area contributed by atoms with Gasteiger partial charge >= 0.3 is 0 Å². The highest BCUT2D eigenvalue weighted by atomic mass is 79.9. The van der Waals surface area contributed by atoms with Crippen LogP contribution in [0.15, 0.2) is 36.4 Å².